The molecule has 2 aromatic carbocycles. The van der Waals surface area contributed by atoms with Gasteiger partial charge in [0.2, 0.25) is 0 Å². The van der Waals surface area contributed by atoms with Gasteiger partial charge in [0.25, 0.3) is 0 Å². The molecule has 0 radical (unpaired) electrons. The first-order valence-corrected chi connectivity index (χ1v) is 5.46. The molecule has 0 atom stereocenters. The second-order valence-corrected chi connectivity index (χ2v) is 4.15. The standard InChI is InChI=1S/C14H9ClFN/c1-9-7-10(5-6-11(9)8-17)12-3-2-4-13(15)14(12)16/h2-7H,1H3. The zero-order chi connectivity index (χ0) is 12.4. The molecule has 2 aromatic rings. The van der Waals surface area contributed by atoms with E-state index in [1.807, 2.05) is 6.92 Å². The summed E-state index contributed by atoms with van der Waals surface area (Å²) in [6, 6.07) is 12.2. The lowest BCUT2D eigenvalue weighted by molar-refractivity contribution is 0.632. The first kappa shape index (κ1) is 11.6. The van der Waals surface area contributed by atoms with E-state index in [0.29, 0.717) is 11.1 Å². The van der Waals surface area contributed by atoms with Gasteiger partial charge in [0.05, 0.1) is 16.7 Å². The smallest absolute Gasteiger partial charge is 0.149 e. The van der Waals surface area contributed by atoms with Crippen LogP contribution in [0.2, 0.25) is 5.02 Å². The summed E-state index contributed by atoms with van der Waals surface area (Å²) in [7, 11) is 0. The van der Waals surface area contributed by atoms with Crippen molar-refractivity contribution in [2.24, 2.45) is 0 Å². The molecular formula is C14H9ClFN. The van der Waals surface area contributed by atoms with Gasteiger partial charge in [-0.05, 0) is 30.2 Å². The molecule has 0 aromatic heterocycles. The predicted octanol–water partition coefficient (Wildman–Crippen LogP) is 4.33. The van der Waals surface area contributed by atoms with Crippen molar-refractivity contribution >= 4 is 11.6 Å². The molecule has 3 heteroatoms. The molecule has 0 fully saturated rings. The van der Waals surface area contributed by atoms with Crippen LogP contribution in [0.5, 0.6) is 0 Å². The average molecular weight is 246 g/mol. The molecule has 2 rings (SSSR count). The number of hydrogen-bond acceptors (Lipinski definition) is 1. The highest BCUT2D eigenvalue weighted by atomic mass is 35.5. The summed E-state index contributed by atoms with van der Waals surface area (Å²) in [5, 5.41) is 8.93. The SMILES string of the molecule is Cc1cc(-c2cccc(Cl)c2F)ccc1C#N. The highest BCUT2D eigenvalue weighted by Crippen LogP contribution is 2.28. The summed E-state index contributed by atoms with van der Waals surface area (Å²) in [6.45, 7) is 1.82. The van der Waals surface area contributed by atoms with E-state index in [4.69, 9.17) is 16.9 Å². The largest absolute Gasteiger partial charge is 0.205 e. The first-order valence-electron chi connectivity index (χ1n) is 5.08. The van der Waals surface area contributed by atoms with Crippen molar-refractivity contribution in [3.05, 3.63) is 58.4 Å². The van der Waals surface area contributed by atoms with Crippen LogP contribution in [0.1, 0.15) is 11.1 Å². The molecule has 84 valence electrons. The fraction of sp³-hybridized carbons (Fsp3) is 0.0714. The number of halogens is 2. The second kappa shape index (κ2) is 4.57. The summed E-state index contributed by atoms with van der Waals surface area (Å²) in [5.74, 6) is -0.432. The molecule has 0 aliphatic rings. The van der Waals surface area contributed by atoms with Gasteiger partial charge in [0.15, 0.2) is 0 Å². The molecule has 0 unspecified atom stereocenters. The maximum absolute atomic E-state index is 13.8. The third kappa shape index (κ3) is 2.15. The molecule has 0 aliphatic carbocycles. The predicted molar refractivity (Wildman–Crippen MR) is 66.3 cm³/mol. The van der Waals surface area contributed by atoms with Crippen molar-refractivity contribution in [3.8, 4) is 17.2 Å². The van der Waals surface area contributed by atoms with E-state index in [1.165, 1.54) is 6.07 Å². The van der Waals surface area contributed by atoms with E-state index in [1.54, 1.807) is 30.3 Å². The van der Waals surface area contributed by atoms with Crippen LogP contribution >= 0.6 is 11.6 Å². The summed E-state index contributed by atoms with van der Waals surface area (Å²) >= 11 is 5.73. The Hall–Kier alpha value is -1.85. The maximum Gasteiger partial charge on any atom is 0.149 e. The van der Waals surface area contributed by atoms with Crippen LogP contribution in [0.15, 0.2) is 36.4 Å². The Morgan fingerprint density at radius 1 is 1.24 bits per heavy atom. The summed E-state index contributed by atoms with van der Waals surface area (Å²) in [4.78, 5) is 0. The Balaban J connectivity index is 2.59. The molecule has 0 heterocycles. The monoisotopic (exact) mass is 245 g/mol. The average Bonchev–Trinajstić information content (AvgIpc) is 2.32. The number of hydrogen-bond donors (Lipinski definition) is 0. The molecule has 17 heavy (non-hydrogen) atoms. The lowest BCUT2D eigenvalue weighted by atomic mass is 10.00. The Morgan fingerprint density at radius 3 is 2.65 bits per heavy atom. The third-order valence-electron chi connectivity index (χ3n) is 2.61. The Kier molecular flexibility index (Phi) is 3.12. The van der Waals surface area contributed by atoms with Gasteiger partial charge in [0.1, 0.15) is 5.82 Å². The molecular weight excluding hydrogens is 237 g/mol. The molecule has 1 nitrogen and oxygen atoms in total. The van der Waals surface area contributed by atoms with E-state index in [-0.39, 0.29) is 5.02 Å². The van der Waals surface area contributed by atoms with Gasteiger partial charge in [-0.2, -0.15) is 5.26 Å². The van der Waals surface area contributed by atoms with Gasteiger partial charge in [-0.3, -0.25) is 0 Å². The van der Waals surface area contributed by atoms with Gasteiger partial charge in [-0.25, -0.2) is 4.39 Å². The van der Waals surface area contributed by atoms with Crippen molar-refractivity contribution in [1.82, 2.24) is 0 Å². The Labute approximate surface area is 104 Å². The van der Waals surface area contributed by atoms with E-state index in [0.717, 1.165) is 11.1 Å². The van der Waals surface area contributed by atoms with E-state index < -0.39 is 5.82 Å². The number of nitrogens with zero attached hydrogens (tertiary/aromatic N) is 1. The number of aryl methyl sites for hydroxylation is 1. The Morgan fingerprint density at radius 2 is 2.00 bits per heavy atom. The molecule has 0 spiro atoms. The van der Waals surface area contributed by atoms with Crippen LogP contribution in [-0.2, 0) is 0 Å². The summed E-state index contributed by atoms with van der Waals surface area (Å²) in [5.41, 5.74) is 2.59. The zero-order valence-electron chi connectivity index (χ0n) is 9.17. The zero-order valence-corrected chi connectivity index (χ0v) is 9.92. The van der Waals surface area contributed by atoms with E-state index in [2.05, 4.69) is 6.07 Å². The number of rotatable bonds is 1. The Bertz CT molecular complexity index is 614. The molecule has 0 amide bonds. The van der Waals surface area contributed by atoms with E-state index in [9.17, 15) is 4.39 Å². The topological polar surface area (TPSA) is 23.8 Å². The van der Waals surface area contributed by atoms with Crippen LogP contribution < -0.4 is 0 Å². The summed E-state index contributed by atoms with van der Waals surface area (Å²) in [6.07, 6.45) is 0. The van der Waals surface area contributed by atoms with Crippen LogP contribution in [0.3, 0.4) is 0 Å². The van der Waals surface area contributed by atoms with Gasteiger partial charge in [-0.1, -0.05) is 35.9 Å². The second-order valence-electron chi connectivity index (χ2n) is 3.74. The minimum Gasteiger partial charge on any atom is -0.205 e. The fourth-order valence-corrected chi connectivity index (χ4v) is 1.86. The highest BCUT2D eigenvalue weighted by Gasteiger charge is 2.09. The molecule has 0 saturated carbocycles. The highest BCUT2D eigenvalue weighted by molar-refractivity contribution is 6.31. The van der Waals surface area contributed by atoms with E-state index >= 15 is 0 Å². The van der Waals surface area contributed by atoms with Crippen molar-refractivity contribution in [1.29, 1.82) is 5.26 Å². The van der Waals surface area contributed by atoms with Gasteiger partial charge in [0, 0.05) is 5.56 Å². The minimum absolute atomic E-state index is 0.101. The molecule has 0 bridgehead atoms. The number of benzene rings is 2. The van der Waals surface area contributed by atoms with Crippen LogP contribution in [-0.4, -0.2) is 0 Å². The molecule has 0 aliphatic heterocycles. The minimum atomic E-state index is -0.432. The normalized spacial score (nSPS) is 10.0. The molecule has 0 N–H and O–H groups in total. The quantitative estimate of drug-likeness (QED) is 0.734. The van der Waals surface area contributed by atoms with Crippen molar-refractivity contribution < 1.29 is 4.39 Å². The fourth-order valence-electron chi connectivity index (χ4n) is 1.68. The van der Waals surface area contributed by atoms with Crippen molar-refractivity contribution in [2.75, 3.05) is 0 Å². The van der Waals surface area contributed by atoms with Crippen LogP contribution in [0, 0.1) is 24.1 Å². The maximum atomic E-state index is 13.8. The molecule has 0 saturated heterocycles. The van der Waals surface area contributed by atoms with Gasteiger partial charge in [-0.15, -0.1) is 0 Å². The third-order valence-corrected chi connectivity index (χ3v) is 2.90. The van der Waals surface area contributed by atoms with Gasteiger partial charge >= 0.3 is 0 Å². The van der Waals surface area contributed by atoms with Crippen molar-refractivity contribution in [3.63, 3.8) is 0 Å². The van der Waals surface area contributed by atoms with Gasteiger partial charge < -0.3 is 0 Å². The van der Waals surface area contributed by atoms with Crippen molar-refractivity contribution in [2.45, 2.75) is 6.92 Å². The lowest BCUT2D eigenvalue weighted by Gasteiger charge is -2.06. The lowest BCUT2D eigenvalue weighted by Crippen LogP contribution is -1.88. The van der Waals surface area contributed by atoms with Crippen LogP contribution in [0.4, 0.5) is 4.39 Å². The summed E-state index contributed by atoms with van der Waals surface area (Å²) < 4.78 is 13.8. The number of nitriles is 1. The first-order chi connectivity index (χ1) is 8.13. The van der Waals surface area contributed by atoms with Crippen LogP contribution in [0.25, 0.3) is 11.1 Å².